The van der Waals surface area contributed by atoms with Gasteiger partial charge in [0.1, 0.15) is 0 Å². The van der Waals surface area contributed by atoms with Crippen LogP contribution in [0.3, 0.4) is 0 Å². The number of nitrogens with zero attached hydrogens (tertiary/aromatic N) is 1. The van der Waals surface area contributed by atoms with Crippen LogP contribution in [0, 0.1) is 0 Å². The van der Waals surface area contributed by atoms with Crippen molar-refractivity contribution in [3.8, 4) is 0 Å². The fraction of sp³-hybridized carbons (Fsp3) is 0.650. The van der Waals surface area contributed by atoms with Crippen molar-refractivity contribution in [1.29, 1.82) is 0 Å². The molecule has 0 aromatic heterocycles. The lowest BCUT2D eigenvalue weighted by Crippen LogP contribution is -2.49. The Morgan fingerprint density at radius 2 is 2.12 bits per heavy atom. The number of amides is 1. The Balaban J connectivity index is 1.46. The van der Waals surface area contributed by atoms with Crippen LogP contribution in [0.4, 0.5) is 0 Å². The maximum Gasteiger partial charge on any atom is 0.237 e. The van der Waals surface area contributed by atoms with Crippen LogP contribution >= 0.6 is 0 Å². The summed E-state index contributed by atoms with van der Waals surface area (Å²) in [5.41, 5.74) is 2.78. The van der Waals surface area contributed by atoms with Gasteiger partial charge in [0.2, 0.25) is 5.91 Å². The molecule has 132 valence electrons. The molecule has 0 unspecified atom stereocenters. The van der Waals surface area contributed by atoms with Gasteiger partial charge in [0.25, 0.3) is 0 Å². The molecule has 0 aliphatic carbocycles. The Morgan fingerprint density at radius 3 is 2.88 bits per heavy atom. The molecule has 24 heavy (non-hydrogen) atoms. The van der Waals surface area contributed by atoms with E-state index in [0.29, 0.717) is 6.10 Å². The van der Waals surface area contributed by atoms with Gasteiger partial charge in [-0.2, -0.15) is 0 Å². The topological polar surface area (TPSA) is 41.6 Å². The third-order valence-electron chi connectivity index (χ3n) is 5.42. The normalized spacial score (nSPS) is 23.5. The first-order valence-electron chi connectivity index (χ1n) is 9.36. The van der Waals surface area contributed by atoms with E-state index < -0.39 is 0 Å². The van der Waals surface area contributed by atoms with Crippen molar-refractivity contribution < 1.29 is 9.53 Å². The summed E-state index contributed by atoms with van der Waals surface area (Å²) >= 11 is 0. The molecular formula is C20H30N2O2. The fourth-order valence-corrected chi connectivity index (χ4v) is 3.76. The highest BCUT2D eigenvalue weighted by Crippen LogP contribution is 2.21. The Morgan fingerprint density at radius 1 is 1.33 bits per heavy atom. The first-order chi connectivity index (χ1) is 11.6. The number of hydrogen-bond acceptors (Lipinski definition) is 3. The molecule has 0 radical (unpaired) electrons. The highest BCUT2D eigenvalue weighted by Gasteiger charge is 2.26. The predicted octanol–water partition coefficient (Wildman–Crippen LogP) is 2.90. The minimum Gasteiger partial charge on any atom is -0.378 e. The van der Waals surface area contributed by atoms with Crippen LogP contribution in [0.15, 0.2) is 24.3 Å². The predicted molar refractivity (Wildman–Crippen MR) is 95.8 cm³/mol. The van der Waals surface area contributed by atoms with Crippen molar-refractivity contribution in [2.45, 2.75) is 70.7 Å². The van der Waals surface area contributed by atoms with Crippen molar-refractivity contribution >= 4 is 5.91 Å². The maximum atomic E-state index is 12.6. The number of fused-ring (bicyclic) bond motifs is 1. The average molecular weight is 330 g/mol. The lowest BCUT2D eigenvalue weighted by Gasteiger charge is -2.33. The van der Waals surface area contributed by atoms with Crippen LogP contribution in [-0.2, 0) is 22.5 Å². The largest absolute Gasteiger partial charge is 0.378 e. The molecular weight excluding hydrogens is 300 g/mol. The first kappa shape index (κ1) is 17.4. The third kappa shape index (κ3) is 4.37. The second kappa shape index (κ2) is 8.13. The summed E-state index contributed by atoms with van der Waals surface area (Å²) in [6, 6.07) is 8.69. The van der Waals surface area contributed by atoms with E-state index in [9.17, 15) is 4.79 Å². The minimum atomic E-state index is -0.0801. The second-order valence-corrected chi connectivity index (χ2v) is 7.29. The van der Waals surface area contributed by atoms with Crippen LogP contribution in [0.25, 0.3) is 0 Å². The van der Waals surface area contributed by atoms with Gasteiger partial charge in [-0.25, -0.2) is 0 Å². The van der Waals surface area contributed by atoms with Crippen LogP contribution < -0.4 is 5.32 Å². The summed E-state index contributed by atoms with van der Waals surface area (Å²) in [7, 11) is 0. The number of ether oxygens (including phenoxy) is 1. The standard InChI is InChI=1S/C20H30N2O2/c1-15(9-10-19-8-5-13-24-19)21-20(23)16(2)22-12-11-17-6-3-4-7-18(17)14-22/h3-4,6-7,15-16,19H,5,8-14H2,1-2H3,(H,21,23)/t15-,16+,19-/m1/s1. The van der Waals surface area contributed by atoms with Gasteiger partial charge >= 0.3 is 0 Å². The summed E-state index contributed by atoms with van der Waals surface area (Å²) in [6.07, 6.45) is 5.82. The van der Waals surface area contributed by atoms with E-state index in [-0.39, 0.29) is 18.0 Å². The Labute approximate surface area is 145 Å². The molecule has 1 fully saturated rings. The van der Waals surface area contributed by atoms with Crippen molar-refractivity contribution in [2.75, 3.05) is 13.2 Å². The van der Waals surface area contributed by atoms with Crippen LogP contribution in [0.2, 0.25) is 0 Å². The third-order valence-corrected chi connectivity index (χ3v) is 5.42. The molecule has 2 aliphatic rings. The van der Waals surface area contributed by atoms with E-state index in [1.54, 1.807) is 0 Å². The number of rotatable bonds is 6. The van der Waals surface area contributed by atoms with E-state index in [2.05, 4.69) is 41.4 Å². The molecule has 3 rings (SSSR count). The van der Waals surface area contributed by atoms with E-state index in [0.717, 1.165) is 39.0 Å². The van der Waals surface area contributed by atoms with Gasteiger partial charge in [-0.1, -0.05) is 24.3 Å². The van der Waals surface area contributed by atoms with E-state index >= 15 is 0 Å². The molecule has 2 aliphatic heterocycles. The molecule has 2 heterocycles. The number of benzene rings is 1. The van der Waals surface area contributed by atoms with Crippen LogP contribution in [0.5, 0.6) is 0 Å². The Kier molecular flexibility index (Phi) is 5.90. The summed E-state index contributed by atoms with van der Waals surface area (Å²) in [5, 5.41) is 3.19. The average Bonchev–Trinajstić information content (AvgIpc) is 3.12. The SMILES string of the molecule is C[C@H](CC[C@H]1CCCO1)NC(=O)[C@H](C)N1CCc2ccccc2C1. The zero-order valence-corrected chi connectivity index (χ0v) is 15.0. The Bertz CT molecular complexity index is 554. The van der Waals surface area contributed by atoms with Gasteiger partial charge in [0.15, 0.2) is 0 Å². The molecule has 1 N–H and O–H groups in total. The first-order valence-corrected chi connectivity index (χ1v) is 9.36. The lowest BCUT2D eigenvalue weighted by molar-refractivity contribution is -0.126. The molecule has 1 saturated heterocycles. The van der Waals surface area contributed by atoms with Crippen molar-refractivity contribution in [2.24, 2.45) is 0 Å². The zero-order chi connectivity index (χ0) is 16.9. The van der Waals surface area contributed by atoms with Gasteiger partial charge in [-0.15, -0.1) is 0 Å². The van der Waals surface area contributed by atoms with Gasteiger partial charge < -0.3 is 10.1 Å². The number of hydrogen-bond donors (Lipinski definition) is 1. The minimum absolute atomic E-state index is 0.0801. The summed E-state index contributed by atoms with van der Waals surface area (Å²) in [6.45, 7) is 6.85. The highest BCUT2D eigenvalue weighted by atomic mass is 16.5. The highest BCUT2D eigenvalue weighted by molar-refractivity contribution is 5.81. The fourth-order valence-electron chi connectivity index (χ4n) is 3.76. The molecule has 1 aromatic carbocycles. The van der Waals surface area contributed by atoms with Gasteiger partial charge in [-0.05, 0) is 57.1 Å². The molecule has 1 amide bonds. The smallest absolute Gasteiger partial charge is 0.237 e. The van der Waals surface area contributed by atoms with E-state index in [1.165, 1.54) is 24.0 Å². The van der Waals surface area contributed by atoms with Crippen molar-refractivity contribution in [3.63, 3.8) is 0 Å². The van der Waals surface area contributed by atoms with Gasteiger partial charge in [0, 0.05) is 25.7 Å². The molecule has 0 spiro atoms. The number of nitrogens with one attached hydrogen (secondary N) is 1. The molecule has 1 aromatic rings. The number of carbonyl (C=O) groups excluding carboxylic acids is 1. The van der Waals surface area contributed by atoms with Gasteiger partial charge in [-0.3, -0.25) is 9.69 Å². The molecule has 3 atom stereocenters. The lowest BCUT2D eigenvalue weighted by atomic mass is 9.98. The monoisotopic (exact) mass is 330 g/mol. The van der Waals surface area contributed by atoms with Crippen molar-refractivity contribution in [1.82, 2.24) is 10.2 Å². The maximum absolute atomic E-state index is 12.6. The number of carbonyl (C=O) groups is 1. The second-order valence-electron chi connectivity index (χ2n) is 7.29. The quantitative estimate of drug-likeness (QED) is 0.872. The van der Waals surface area contributed by atoms with Crippen LogP contribution in [-0.4, -0.2) is 42.1 Å². The Hall–Kier alpha value is -1.39. The molecule has 4 heteroatoms. The summed E-state index contributed by atoms with van der Waals surface area (Å²) in [5.74, 6) is 0.147. The van der Waals surface area contributed by atoms with E-state index in [4.69, 9.17) is 4.74 Å². The van der Waals surface area contributed by atoms with Crippen molar-refractivity contribution in [3.05, 3.63) is 35.4 Å². The molecule has 0 saturated carbocycles. The summed E-state index contributed by atoms with van der Waals surface area (Å²) in [4.78, 5) is 14.9. The molecule has 0 bridgehead atoms. The van der Waals surface area contributed by atoms with Crippen LogP contribution in [0.1, 0.15) is 50.7 Å². The van der Waals surface area contributed by atoms with E-state index in [1.807, 2.05) is 6.92 Å². The zero-order valence-electron chi connectivity index (χ0n) is 15.0. The molecule has 4 nitrogen and oxygen atoms in total. The summed E-state index contributed by atoms with van der Waals surface area (Å²) < 4.78 is 5.66. The van der Waals surface area contributed by atoms with Gasteiger partial charge in [0.05, 0.1) is 12.1 Å².